The van der Waals surface area contributed by atoms with Gasteiger partial charge in [-0.25, -0.2) is 0 Å². The van der Waals surface area contributed by atoms with E-state index >= 15 is 0 Å². The van der Waals surface area contributed by atoms with Crippen LogP contribution in [0.25, 0.3) is 0 Å². The maximum absolute atomic E-state index is 10.8. The Morgan fingerprint density at radius 3 is 2.14 bits per heavy atom. The summed E-state index contributed by atoms with van der Waals surface area (Å²) in [6.07, 6.45) is 2.64. The zero-order valence-corrected chi connectivity index (χ0v) is 10.3. The average Bonchev–Trinajstić information content (AvgIpc) is 1.96. The fourth-order valence-corrected chi connectivity index (χ4v) is 1.65. The maximum atomic E-state index is 10.8. The summed E-state index contributed by atoms with van der Waals surface area (Å²) in [6.45, 7) is 14.6. The van der Waals surface area contributed by atoms with Crippen molar-refractivity contribution < 1.29 is 4.79 Å². The number of Topliss-reactive ketones (excluding diaryl/α,β-unsaturated/α-hetero) is 1. The van der Waals surface area contributed by atoms with E-state index in [0.717, 1.165) is 12.8 Å². The summed E-state index contributed by atoms with van der Waals surface area (Å²) in [4.78, 5) is 10.8. The van der Waals surface area contributed by atoms with E-state index in [0.29, 0.717) is 17.8 Å². The minimum absolute atomic E-state index is 0.258. The molecule has 0 radical (unpaired) electrons. The lowest BCUT2D eigenvalue weighted by molar-refractivity contribution is -0.117. The van der Waals surface area contributed by atoms with Crippen LogP contribution in [0, 0.1) is 11.3 Å². The Morgan fingerprint density at radius 1 is 1.29 bits per heavy atom. The molecule has 0 aromatic carbocycles. The summed E-state index contributed by atoms with van der Waals surface area (Å²) in [5, 5.41) is 0. The van der Waals surface area contributed by atoms with Crippen LogP contribution >= 0.6 is 0 Å². The lowest BCUT2D eigenvalue weighted by Gasteiger charge is -2.24. The van der Waals surface area contributed by atoms with Crippen LogP contribution in [-0.2, 0) is 4.79 Å². The molecule has 0 fully saturated rings. The Hall–Kier alpha value is -0.590. The van der Waals surface area contributed by atoms with Gasteiger partial charge < -0.3 is 4.79 Å². The molecule has 0 N–H and O–H groups in total. The van der Waals surface area contributed by atoms with Gasteiger partial charge in [0.2, 0.25) is 0 Å². The van der Waals surface area contributed by atoms with Crippen LogP contribution in [-0.4, -0.2) is 5.78 Å². The van der Waals surface area contributed by atoms with Gasteiger partial charge in [0.1, 0.15) is 5.78 Å². The van der Waals surface area contributed by atoms with E-state index in [1.165, 1.54) is 5.57 Å². The van der Waals surface area contributed by atoms with Crippen LogP contribution in [0.5, 0.6) is 0 Å². The van der Waals surface area contributed by atoms with E-state index in [1.54, 1.807) is 6.92 Å². The van der Waals surface area contributed by atoms with E-state index < -0.39 is 0 Å². The Bertz CT molecular complexity index is 208. The van der Waals surface area contributed by atoms with Crippen LogP contribution in [0.15, 0.2) is 12.2 Å². The molecule has 0 aromatic rings. The highest BCUT2D eigenvalue weighted by atomic mass is 16.1. The Balaban J connectivity index is 3.94. The first-order valence-corrected chi connectivity index (χ1v) is 5.39. The molecule has 1 nitrogen and oxygen atoms in total. The van der Waals surface area contributed by atoms with Crippen LogP contribution in [0.2, 0.25) is 0 Å². The molecular formula is C13H24O. The number of hydrogen-bond donors (Lipinski definition) is 0. The predicted octanol–water partition coefficient (Wildman–Crippen LogP) is 3.98. The van der Waals surface area contributed by atoms with Gasteiger partial charge in [-0.3, -0.25) is 0 Å². The zero-order chi connectivity index (χ0) is 11.4. The zero-order valence-electron chi connectivity index (χ0n) is 10.3. The summed E-state index contributed by atoms with van der Waals surface area (Å²) in [5.41, 5.74) is 1.56. The van der Waals surface area contributed by atoms with Gasteiger partial charge in [-0.15, -0.1) is 0 Å². The van der Waals surface area contributed by atoms with Gasteiger partial charge in [0, 0.05) is 6.42 Å². The second-order valence-electron chi connectivity index (χ2n) is 5.53. The molecular weight excluding hydrogens is 172 g/mol. The van der Waals surface area contributed by atoms with Gasteiger partial charge in [-0.2, -0.15) is 0 Å². The fraction of sp³-hybridized carbons (Fsp3) is 0.769. The molecule has 0 amide bonds. The maximum Gasteiger partial charge on any atom is 0.130 e. The van der Waals surface area contributed by atoms with Gasteiger partial charge in [0.25, 0.3) is 0 Å². The third-order valence-corrected chi connectivity index (χ3v) is 2.41. The molecule has 0 aromatic heterocycles. The number of rotatable bonds is 5. The first-order chi connectivity index (χ1) is 6.22. The average molecular weight is 196 g/mol. The number of carbonyl (C=O) groups is 1. The summed E-state index contributed by atoms with van der Waals surface area (Å²) in [7, 11) is 0. The lowest BCUT2D eigenvalue weighted by atomic mass is 9.81. The van der Waals surface area contributed by atoms with Crippen molar-refractivity contribution in [2.24, 2.45) is 11.3 Å². The standard InChI is InChI=1S/C13H24O/c1-10(7-8-12(3)14)11(2)9-13(4,5)6/h11H,1,7-9H2,2-6H3. The number of carbonyl (C=O) groups excluding carboxylic acids is 1. The van der Waals surface area contributed by atoms with Crippen molar-refractivity contribution in [2.75, 3.05) is 0 Å². The van der Waals surface area contributed by atoms with E-state index in [9.17, 15) is 4.79 Å². The fourth-order valence-electron chi connectivity index (χ4n) is 1.65. The van der Waals surface area contributed by atoms with Gasteiger partial charge in [0.05, 0.1) is 0 Å². The largest absolute Gasteiger partial charge is 0.300 e. The van der Waals surface area contributed by atoms with Gasteiger partial charge in [-0.1, -0.05) is 39.8 Å². The molecule has 14 heavy (non-hydrogen) atoms. The smallest absolute Gasteiger partial charge is 0.130 e. The second-order valence-corrected chi connectivity index (χ2v) is 5.53. The van der Waals surface area contributed by atoms with Crippen LogP contribution in [0.4, 0.5) is 0 Å². The summed E-state index contributed by atoms with van der Waals surface area (Å²) >= 11 is 0. The van der Waals surface area contributed by atoms with Crippen molar-refractivity contribution in [3.63, 3.8) is 0 Å². The Morgan fingerprint density at radius 2 is 1.79 bits per heavy atom. The van der Waals surface area contributed by atoms with Crippen molar-refractivity contribution in [3.05, 3.63) is 12.2 Å². The molecule has 1 unspecified atom stereocenters. The lowest BCUT2D eigenvalue weighted by Crippen LogP contribution is -2.12. The van der Waals surface area contributed by atoms with E-state index in [2.05, 4.69) is 34.3 Å². The van der Waals surface area contributed by atoms with Crippen molar-refractivity contribution >= 4 is 5.78 Å². The highest BCUT2D eigenvalue weighted by Gasteiger charge is 2.17. The van der Waals surface area contributed by atoms with Crippen molar-refractivity contribution in [1.82, 2.24) is 0 Å². The van der Waals surface area contributed by atoms with Crippen molar-refractivity contribution in [2.45, 2.75) is 53.9 Å². The molecule has 0 bridgehead atoms. The molecule has 0 saturated carbocycles. The van der Waals surface area contributed by atoms with Gasteiger partial charge in [-0.05, 0) is 31.1 Å². The minimum Gasteiger partial charge on any atom is -0.300 e. The molecule has 0 spiro atoms. The quantitative estimate of drug-likeness (QED) is 0.608. The SMILES string of the molecule is C=C(CCC(C)=O)C(C)CC(C)(C)C. The topological polar surface area (TPSA) is 17.1 Å². The first kappa shape index (κ1) is 13.4. The Kier molecular flexibility index (Phi) is 5.11. The summed E-state index contributed by atoms with van der Waals surface area (Å²) in [5.74, 6) is 0.781. The van der Waals surface area contributed by atoms with Gasteiger partial charge >= 0.3 is 0 Å². The van der Waals surface area contributed by atoms with Crippen LogP contribution in [0.1, 0.15) is 53.9 Å². The molecule has 0 saturated heterocycles. The predicted molar refractivity (Wildman–Crippen MR) is 62.3 cm³/mol. The highest BCUT2D eigenvalue weighted by molar-refractivity contribution is 5.75. The highest BCUT2D eigenvalue weighted by Crippen LogP contribution is 2.29. The van der Waals surface area contributed by atoms with E-state index in [4.69, 9.17) is 0 Å². The number of ketones is 1. The van der Waals surface area contributed by atoms with Crippen LogP contribution in [0.3, 0.4) is 0 Å². The molecule has 0 aliphatic heterocycles. The molecule has 1 atom stereocenters. The van der Waals surface area contributed by atoms with E-state index in [1.807, 2.05) is 0 Å². The normalized spacial score (nSPS) is 13.8. The van der Waals surface area contributed by atoms with Crippen LogP contribution < -0.4 is 0 Å². The van der Waals surface area contributed by atoms with Crippen molar-refractivity contribution in [1.29, 1.82) is 0 Å². The third-order valence-electron chi connectivity index (χ3n) is 2.41. The van der Waals surface area contributed by atoms with Crippen molar-refractivity contribution in [3.8, 4) is 0 Å². The molecule has 0 heterocycles. The molecule has 0 aliphatic rings. The van der Waals surface area contributed by atoms with Gasteiger partial charge in [0.15, 0.2) is 0 Å². The molecule has 0 aliphatic carbocycles. The summed E-state index contributed by atoms with van der Waals surface area (Å²) in [6, 6.07) is 0. The third kappa shape index (κ3) is 6.88. The number of hydrogen-bond acceptors (Lipinski definition) is 1. The first-order valence-electron chi connectivity index (χ1n) is 5.39. The van der Waals surface area contributed by atoms with E-state index in [-0.39, 0.29) is 5.78 Å². The molecule has 82 valence electrons. The monoisotopic (exact) mass is 196 g/mol. The molecule has 0 rings (SSSR count). The summed E-state index contributed by atoms with van der Waals surface area (Å²) < 4.78 is 0. The Labute approximate surface area is 88.6 Å². The molecule has 1 heteroatoms. The minimum atomic E-state index is 0.258. The number of allylic oxidation sites excluding steroid dienone is 1. The second kappa shape index (κ2) is 5.33.